The highest BCUT2D eigenvalue weighted by Gasteiger charge is 2.15. The number of pyridine rings is 1. The SMILES string of the molecule is COc1cc(-c2cc3nc[nH]c(=O)c3c(Nc3ccc(N4CCOCC4)cc3)n2)ccc1N. The fourth-order valence-electron chi connectivity index (χ4n) is 3.91. The molecule has 4 aromatic rings. The molecule has 1 saturated heterocycles. The molecule has 9 heteroatoms. The van der Waals surface area contributed by atoms with E-state index < -0.39 is 0 Å². The number of aromatic nitrogens is 3. The molecular weight excluding hydrogens is 420 g/mol. The van der Waals surface area contributed by atoms with Crippen molar-refractivity contribution in [2.75, 3.05) is 49.4 Å². The molecule has 5 rings (SSSR count). The Kier molecular flexibility index (Phi) is 5.54. The van der Waals surface area contributed by atoms with Crippen molar-refractivity contribution in [3.63, 3.8) is 0 Å². The zero-order valence-corrected chi connectivity index (χ0v) is 18.2. The van der Waals surface area contributed by atoms with E-state index in [0.29, 0.717) is 33.9 Å². The topological polar surface area (TPSA) is 118 Å². The average molecular weight is 444 g/mol. The van der Waals surface area contributed by atoms with Gasteiger partial charge >= 0.3 is 0 Å². The molecule has 0 unspecified atom stereocenters. The molecule has 2 aromatic carbocycles. The lowest BCUT2D eigenvalue weighted by atomic mass is 10.1. The lowest BCUT2D eigenvalue weighted by Gasteiger charge is -2.28. The minimum atomic E-state index is -0.263. The van der Waals surface area contributed by atoms with Gasteiger partial charge in [0.25, 0.3) is 5.56 Å². The van der Waals surface area contributed by atoms with E-state index in [0.717, 1.165) is 43.2 Å². The summed E-state index contributed by atoms with van der Waals surface area (Å²) in [6, 6.07) is 15.3. The maximum atomic E-state index is 12.6. The summed E-state index contributed by atoms with van der Waals surface area (Å²) in [6.07, 6.45) is 1.39. The first-order valence-electron chi connectivity index (χ1n) is 10.6. The molecule has 0 saturated carbocycles. The normalized spacial score (nSPS) is 13.8. The van der Waals surface area contributed by atoms with Gasteiger partial charge in [0, 0.05) is 30.0 Å². The standard InChI is InChI=1S/C24H24N6O3/c1-32-21-12-15(2-7-18(21)25)19-13-20-22(24(31)27-14-26-20)23(29-19)28-16-3-5-17(6-4-16)30-8-10-33-11-9-30/h2-7,12-14H,8-11,25H2,1H3,(H,28,29)(H,26,27,31). The molecule has 0 spiro atoms. The second kappa shape index (κ2) is 8.79. The maximum Gasteiger partial charge on any atom is 0.262 e. The number of morpholine rings is 1. The van der Waals surface area contributed by atoms with Crippen LogP contribution >= 0.6 is 0 Å². The number of methoxy groups -OCH3 is 1. The summed E-state index contributed by atoms with van der Waals surface area (Å²) in [5.74, 6) is 0.980. The van der Waals surface area contributed by atoms with Crippen LogP contribution < -0.4 is 26.2 Å². The van der Waals surface area contributed by atoms with Crippen LogP contribution in [0.3, 0.4) is 0 Å². The molecule has 9 nitrogen and oxygen atoms in total. The lowest BCUT2D eigenvalue weighted by molar-refractivity contribution is 0.122. The van der Waals surface area contributed by atoms with Crippen LogP contribution in [0.15, 0.2) is 59.7 Å². The molecule has 1 aliphatic heterocycles. The summed E-state index contributed by atoms with van der Waals surface area (Å²) in [5.41, 5.74) is 10.2. The zero-order valence-electron chi connectivity index (χ0n) is 18.2. The van der Waals surface area contributed by atoms with Crippen molar-refractivity contribution < 1.29 is 9.47 Å². The summed E-state index contributed by atoms with van der Waals surface area (Å²) in [7, 11) is 1.57. The highest BCUT2D eigenvalue weighted by atomic mass is 16.5. The van der Waals surface area contributed by atoms with E-state index in [1.807, 2.05) is 36.4 Å². The number of fused-ring (bicyclic) bond motifs is 1. The van der Waals surface area contributed by atoms with Crippen molar-refractivity contribution in [2.45, 2.75) is 0 Å². The monoisotopic (exact) mass is 444 g/mol. The second-order valence-electron chi connectivity index (χ2n) is 7.71. The number of ether oxygens (including phenoxy) is 2. The first kappa shape index (κ1) is 20.8. The van der Waals surface area contributed by atoms with Crippen molar-refractivity contribution >= 4 is 33.8 Å². The number of benzene rings is 2. The lowest BCUT2D eigenvalue weighted by Crippen LogP contribution is -2.36. The van der Waals surface area contributed by atoms with E-state index in [4.69, 9.17) is 20.2 Å². The Balaban J connectivity index is 1.53. The molecule has 0 radical (unpaired) electrons. The third-order valence-electron chi connectivity index (χ3n) is 5.66. The maximum absolute atomic E-state index is 12.6. The van der Waals surface area contributed by atoms with Crippen LogP contribution in [0.5, 0.6) is 5.75 Å². The number of anilines is 4. The van der Waals surface area contributed by atoms with Gasteiger partial charge in [-0.05, 0) is 42.5 Å². The highest BCUT2D eigenvalue weighted by Crippen LogP contribution is 2.31. The van der Waals surface area contributed by atoms with Crippen LogP contribution in [0.1, 0.15) is 0 Å². The van der Waals surface area contributed by atoms with Crippen LogP contribution in [-0.2, 0) is 4.74 Å². The number of rotatable bonds is 5. The van der Waals surface area contributed by atoms with Crippen molar-refractivity contribution in [1.82, 2.24) is 15.0 Å². The minimum Gasteiger partial charge on any atom is -0.495 e. The van der Waals surface area contributed by atoms with Gasteiger partial charge in [0.2, 0.25) is 0 Å². The number of nitrogens with one attached hydrogen (secondary N) is 2. The predicted molar refractivity (Wildman–Crippen MR) is 129 cm³/mol. The molecule has 168 valence electrons. The predicted octanol–water partition coefficient (Wildman–Crippen LogP) is 3.16. The average Bonchev–Trinajstić information content (AvgIpc) is 2.85. The fraction of sp³-hybridized carbons (Fsp3) is 0.208. The van der Waals surface area contributed by atoms with Crippen molar-refractivity contribution in [1.29, 1.82) is 0 Å². The zero-order chi connectivity index (χ0) is 22.8. The van der Waals surface area contributed by atoms with Gasteiger partial charge in [-0.3, -0.25) is 4.79 Å². The molecule has 2 aromatic heterocycles. The molecule has 1 fully saturated rings. The number of nitrogen functional groups attached to an aromatic ring is 1. The molecule has 4 N–H and O–H groups in total. The van der Waals surface area contributed by atoms with Crippen LogP contribution in [0.4, 0.5) is 22.9 Å². The number of nitrogens with two attached hydrogens (primary N) is 1. The smallest absolute Gasteiger partial charge is 0.262 e. The molecule has 0 bridgehead atoms. The number of aromatic amines is 1. The Bertz CT molecular complexity index is 1350. The quantitative estimate of drug-likeness (QED) is 0.402. The molecule has 0 aliphatic carbocycles. The Morgan fingerprint density at radius 1 is 1.12 bits per heavy atom. The summed E-state index contributed by atoms with van der Waals surface area (Å²) in [4.78, 5) is 26.6. The van der Waals surface area contributed by atoms with Gasteiger partial charge in [-0.25, -0.2) is 9.97 Å². The van der Waals surface area contributed by atoms with Gasteiger partial charge in [0.05, 0.1) is 43.5 Å². The van der Waals surface area contributed by atoms with E-state index in [9.17, 15) is 4.79 Å². The molecule has 0 amide bonds. The Morgan fingerprint density at radius 3 is 2.67 bits per heavy atom. The van der Waals surface area contributed by atoms with Gasteiger partial charge in [0.1, 0.15) is 17.0 Å². The summed E-state index contributed by atoms with van der Waals surface area (Å²) < 4.78 is 10.8. The molecular formula is C24H24N6O3. The van der Waals surface area contributed by atoms with E-state index in [2.05, 4.69) is 20.2 Å². The molecule has 1 aliphatic rings. The van der Waals surface area contributed by atoms with E-state index in [-0.39, 0.29) is 5.56 Å². The van der Waals surface area contributed by atoms with Crippen LogP contribution in [0, 0.1) is 0 Å². The van der Waals surface area contributed by atoms with Gasteiger partial charge in [-0.1, -0.05) is 6.07 Å². The van der Waals surface area contributed by atoms with Gasteiger partial charge in [-0.2, -0.15) is 0 Å². The van der Waals surface area contributed by atoms with Crippen LogP contribution in [0.2, 0.25) is 0 Å². The van der Waals surface area contributed by atoms with Gasteiger partial charge in [0.15, 0.2) is 0 Å². The largest absolute Gasteiger partial charge is 0.495 e. The highest BCUT2D eigenvalue weighted by molar-refractivity contribution is 5.93. The Labute approximate surface area is 190 Å². The third-order valence-corrected chi connectivity index (χ3v) is 5.66. The van der Waals surface area contributed by atoms with E-state index in [1.54, 1.807) is 19.2 Å². The third kappa shape index (κ3) is 4.18. The van der Waals surface area contributed by atoms with Crippen LogP contribution in [-0.4, -0.2) is 48.4 Å². The van der Waals surface area contributed by atoms with Crippen molar-refractivity contribution in [3.05, 3.63) is 65.2 Å². The first-order valence-corrected chi connectivity index (χ1v) is 10.6. The van der Waals surface area contributed by atoms with Crippen LogP contribution in [0.25, 0.3) is 22.2 Å². The number of nitrogens with zero attached hydrogens (tertiary/aromatic N) is 3. The van der Waals surface area contributed by atoms with Crippen molar-refractivity contribution in [2.24, 2.45) is 0 Å². The summed E-state index contributed by atoms with van der Waals surface area (Å²) >= 11 is 0. The summed E-state index contributed by atoms with van der Waals surface area (Å²) in [6.45, 7) is 3.20. The number of H-pyrrole nitrogens is 1. The Hall–Kier alpha value is -4.11. The van der Waals surface area contributed by atoms with Gasteiger partial charge in [-0.15, -0.1) is 0 Å². The molecule has 0 atom stereocenters. The minimum absolute atomic E-state index is 0.263. The Morgan fingerprint density at radius 2 is 1.91 bits per heavy atom. The second-order valence-corrected chi connectivity index (χ2v) is 7.71. The van der Waals surface area contributed by atoms with E-state index >= 15 is 0 Å². The number of hydrogen-bond donors (Lipinski definition) is 3. The summed E-state index contributed by atoms with van der Waals surface area (Å²) in [5, 5.41) is 3.69. The fourth-order valence-corrected chi connectivity index (χ4v) is 3.91. The molecule has 33 heavy (non-hydrogen) atoms. The molecule has 3 heterocycles. The van der Waals surface area contributed by atoms with Gasteiger partial charge < -0.3 is 30.4 Å². The van der Waals surface area contributed by atoms with Crippen molar-refractivity contribution in [3.8, 4) is 17.0 Å². The first-order chi connectivity index (χ1) is 16.1. The van der Waals surface area contributed by atoms with E-state index in [1.165, 1.54) is 6.33 Å². The number of hydrogen-bond acceptors (Lipinski definition) is 8.